The van der Waals surface area contributed by atoms with Crippen molar-refractivity contribution in [2.75, 3.05) is 23.9 Å². The molecule has 1 aliphatic carbocycles. The third kappa shape index (κ3) is 7.62. The zero-order valence-corrected chi connectivity index (χ0v) is 17.4. The van der Waals surface area contributed by atoms with Crippen molar-refractivity contribution in [3.05, 3.63) is 48.0 Å². The molecule has 5 nitrogen and oxygen atoms in total. The number of carbonyl (C=O) groups is 2. The quantitative estimate of drug-likeness (QED) is 0.351. The summed E-state index contributed by atoms with van der Waals surface area (Å²) in [5, 5.41) is 28.4. The maximum Gasteiger partial charge on any atom is 0.313 e. The topological polar surface area (TPSA) is 94.8 Å². The Labute approximate surface area is 174 Å². The van der Waals surface area contributed by atoms with Crippen molar-refractivity contribution in [2.24, 2.45) is 11.8 Å². The lowest BCUT2D eigenvalue weighted by atomic mass is 9.95. The van der Waals surface area contributed by atoms with Crippen LogP contribution in [0.3, 0.4) is 0 Å². The van der Waals surface area contributed by atoms with E-state index in [4.69, 9.17) is 5.11 Å². The molecular weight excluding hydrogens is 396 g/mol. The second-order valence-corrected chi connectivity index (χ2v) is 9.28. The Morgan fingerprint density at radius 1 is 1.25 bits per heavy atom. The van der Waals surface area contributed by atoms with E-state index in [0.717, 1.165) is 23.5 Å². The van der Waals surface area contributed by atoms with E-state index in [-0.39, 0.29) is 35.2 Å². The molecule has 2 rings (SSSR count). The van der Waals surface area contributed by atoms with Crippen LogP contribution in [-0.4, -0.2) is 62.3 Å². The minimum atomic E-state index is -0.811. The first-order valence-corrected chi connectivity index (χ1v) is 11.7. The minimum absolute atomic E-state index is 0.0406. The number of aliphatic carboxylic acids is 1. The average Bonchev–Trinajstić information content (AvgIpc) is 2.98. The molecule has 1 aromatic rings. The number of benzene rings is 1. The van der Waals surface area contributed by atoms with Crippen molar-refractivity contribution < 1.29 is 24.9 Å². The zero-order valence-electron chi connectivity index (χ0n) is 15.8. The highest BCUT2D eigenvalue weighted by atomic mass is 32.2. The molecule has 3 N–H and O–H groups in total. The van der Waals surface area contributed by atoms with Crippen LogP contribution in [-0.2, 0) is 16.0 Å². The van der Waals surface area contributed by atoms with Crippen LogP contribution in [0, 0.1) is 11.8 Å². The first-order chi connectivity index (χ1) is 13.5. The number of ketones is 1. The Morgan fingerprint density at radius 2 is 2.00 bits per heavy atom. The van der Waals surface area contributed by atoms with E-state index in [0.29, 0.717) is 12.8 Å². The molecule has 1 aliphatic rings. The minimum Gasteiger partial charge on any atom is -0.481 e. The third-order valence-electron chi connectivity index (χ3n) is 4.71. The number of hydrogen-bond donors (Lipinski definition) is 3. The van der Waals surface area contributed by atoms with Crippen LogP contribution in [0.4, 0.5) is 0 Å². The van der Waals surface area contributed by atoms with Gasteiger partial charge in [-0.05, 0) is 29.4 Å². The van der Waals surface area contributed by atoms with E-state index in [1.165, 1.54) is 11.8 Å². The van der Waals surface area contributed by atoms with Gasteiger partial charge in [0.05, 0.1) is 17.1 Å². The van der Waals surface area contributed by atoms with Crippen molar-refractivity contribution in [3.63, 3.8) is 0 Å². The van der Waals surface area contributed by atoms with Gasteiger partial charge in [0.2, 0.25) is 0 Å². The first kappa shape index (κ1) is 23.0. The van der Waals surface area contributed by atoms with Gasteiger partial charge in [0.25, 0.3) is 0 Å². The number of thioether (sulfide) groups is 2. The summed E-state index contributed by atoms with van der Waals surface area (Å²) in [5.41, 5.74) is 1.05. The molecule has 0 radical (unpaired) electrons. The molecule has 1 saturated carbocycles. The summed E-state index contributed by atoms with van der Waals surface area (Å²) in [6.07, 6.45) is 4.73. The van der Waals surface area contributed by atoms with Crippen LogP contribution < -0.4 is 0 Å². The van der Waals surface area contributed by atoms with E-state index >= 15 is 0 Å². The molecule has 0 aliphatic heterocycles. The Balaban J connectivity index is 1.86. The first-order valence-electron chi connectivity index (χ1n) is 9.46. The second kappa shape index (κ2) is 12.3. The summed E-state index contributed by atoms with van der Waals surface area (Å²) in [7, 11) is 0. The van der Waals surface area contributed by atoms with Crippen LogP contribution >= 0.6 is 23.5 Å². The maximum atomic E-state index is 12.4. The molecule has 0 unspecified atom stereocenters. The Morgan fingerprint density at radius 3 is 2.68 bits per heavy atom. The molecule has 7 heteroatoms. The fourth-order valence-corrected chi connectivity index (χ4v) is 5.56. The summed E-state index contributed by atoms with van der Waals surface area (Å²) in [4.78, 5) is 22.9. The summed E-state index contributed by atoms with van der Waals surface area (Å²) in [5.74, 6) is 0.775. The highest BCUT2D eigenvalue weighted by Crippen LogP contribution is 2.38. The second-order valence-electron chi connectivity index (χ2n) is 6.92. The molecule has 0 aromatic heterocycles. The molecule has 0 bridgehead atoms. The third-order valence-corrected chi connectivity index (χ3v) is 7.20. The summed E-state index contributed by atoms with van der Waals surface area (Å²) < 4.78 is 0. The fourth-order valence-electron chi connectivity index (χ4n) is 3.33. The van der Waals surface area contributed by atoms with E-state index in [2.05, 4.69) is 0 Å². The van der Waals surface area contributed by atoms with Crippen molar-refractivity contribution in [3.8, 4) is 0 Å². The number of rotatable bonds is 12. The lowest BCUT2D eigenvalue weighted by molar-refractivity contribution is -0.133. The predicted octanol–water partition coefficient (Wildman–Crippen LogP) is 2.65. The molecule has 0 amide bonds. The maximum absolute atomic E-state index is 12.4. The molecule has 28 heavy (non-hydrogen) atoms. The lowest BCUT2D eigenvalue weighted by Gasteiger charge is -2.19. The lowest BCUT2D eigenvalue weighted by Crippen LogP contribution is -2.21. The predicted molar refractivity (Wildman–Crippen MR) is 115 cm³/mol. The number of hydrogen-bond acceptors (Lipinski definition) is 6. The van der Waals surface area contributed by atoms with Crippen LogP contribution in [0.1, 0.15) is 18.4 Å². The highest BCUT2D eigenvalue weighted by molar-refractivity contribution is 8.01. The largest absolute Gasteiger partial charge is 0.481 e. The molecule has 0 saturated heterocycles. The number of Topliss-reactive ketones (excluding diaryl/α,β-unsaturated/α-hetero) is 1. The Bertz CT molecular complexity index is 649. The number of carboxylic acids is 1. The van der Waals surface area contributed by atoms with Crippen LogP contribution in [0.2, 0.25) is 0 Å². The number of allylic oxidation sites excluding steroid dienone is 1. The summed E-state index contributed by atoms with van der Waals surface area (Å²) >= 11 is 2.96. The fraction of sp³-hybridized carbons (Fsp3) is 0.524. The normalized spacial score (nSPS) is 23.4. The van der Waals surface area contributed by atoms with Gasteiger partial charge in [0.15, 0.2) is 0 Å². The number of aliphatic hydroxyl groups excluding tert-OH is 2. The Hall–Kier alpha value is -1.28. The van der Waals surface area contributed by atoms with Crippen LogP contribution in [0.5, 0.6) is 0 Å². The van der Waals surface area contributed by atoms with Crippen molar-refractivity contribution in [2.45, 2.75) is 30.6 Å². The van der Waals surface area contributed by atoms with E-state index in [1.54, 1.807) is 17.8 Å². The van der Waals surface area contributed by atoms with Gasteiger partial charge in [0.1, 0.15) is 5.78 Å². The number of carbonyl (C=O) groups excluding carboxylic acids is 1. The van der Waals surface area contributed by atoms with E-state index in [1.807, 2.05) is 36.4 Å². The monoisotopic (exact) mass is 424 g/mol. The van der Waals surface area contributed by atoms with E-state index < -0.39 is 12.1 Å². The Kier molecular flexibility index (Phi) is 10.1. The standard InChI is InChI=1S/C21H28O5S2/c22-13-16-12-19(24)21(28-10-4-9-27-14-20(25)26)18(16)8-7-17(23)11-15-5-2-1-3-6-15/h1-3,5-8,16-18,21-23H,4,9-14H2,(H,25,26)/t16-,17-,18-,21+/m0/s1. The molecule has 0 heterocycles. The highest BCUT2D eigenvalue weighted by Gasteiger charge is 2.40. The van der Waals surface area contributed by atoms with Crippen LogP contribution in [0.25, 0.3) is 0 Å². The van der Waals surface area contributed by atoms with Gasteiger partial charge in [0, 0.05) is 25.4 Å². The van der Waals surface area contributed by atoms with Gasteiger partial charge < -0.3 is 15.3 Å². The smallest absolute Gasteiger partial charge is 0.313 e. The summed E-state index contributed by atoms with van der Waals surface area (Å²) in [6.45, 7) is -0.0406. The van der Waals surface area contributed by atoms with Gasteiger partial charge in [-0.25, -0.2) is 0 Å². The van der Waals surface area contributed by atoms with Gasteiger partial charge in [-0.1, -0.05) is 42.5 Å². The van der Waals surface area contributed by atoms with Gasteiger partial charge in [-0.15, -0.1) is 11.8 Å². The van der Waals surface area contributed by atoms with Gasteiger partial charge in [-0.2, -0.15) is 11.8 Å². The zero-order chi connectivity index (χ0) is 20.4. The average molecular weight is 425 g/mol. The molecule has 154 valence electrons. The molecule has 0 spiro atoms. The van der Waals surface area contributed by atoms with Crippen molar-refractivity contribution >= 4 is 35.3 Å². The molecule has 1 fully saturated rings. The summed E-state index contributed by atoms with van der Waals surface area (Å²) in [6, 6.07) is 9.74. The van der Waals surface area contributed by atoms with Gasteiger partial charge >= 0.3 is 5.97 Å². The SMILES string of the molecule is O=C(O)CSCCCS[C@H]1C(=O)C[C@@H](CO)[C@@H]1C=C[C@H](O)Cc1ccccc1. The van der Waals surface area contributed by atoms with Crippen molar-refractivity contribution in [1.29, 1.82) is 0 Å². The number of aliphatic hydroxyl groups is 2. The molecule has 4 atom stereocenters. The van der Waals surface area contributed by atoms with Crippen LogP contribution in [0.15, 0.2) is 42.5 Å². The number of carboxylic acid groups (broad SMARTS) is 1. The molecular formula is C21H28O5S2. The molecule has 1 aromatic carbocycles. The van der Waals surface area contributed by atoms with Crippen molar-refractivity contribution in [1.82, 2.24) is 0 Å². The van der Waals surface area contributed by atoms with E-state index in [9.17, 15) is 19.8 Å². The van der Waals surface area contributed by atoms with Gasteiger partial charge in [-0.3, -0.25) is 9.59 Å².